The van der Waals surface area contributed by atoms with E-state index in [-0.39, 0.29) is 0 Å². The Morgan fingerprint density at radius 1 is 1.41 bits per heavy atom. The van der Waals surface area contributed by atoms with Crippen LogP contribution < -0.4 is 4.90 Å². The summed E-state index contributed by atoms with van der Waals surface area (Å²) in [5, 5.41) is 0.446. The number of nitrogens with zero attached hydrogens (tertiary/aromatic N) is 1. The number of halogens is 1. The third-order valence-corrected chi connectivity index (χ3v) is 3.13. The van der Waals surface area contributed by atoms with Crippen LogP contribution in [0.15, 0.2) is 18.2 Å². The molecule has 0 amide bonds. The molecule has 0 atom stereocenters. The van der Waals surface area contributed by atoms with Crippen molar-refractivity contribution in [3.05, 3.63) is 28.8 Å². The molecule has 0 bridgehead atoms. The maximum absolute atomic E-state index is 11.5. The molecule has 0 aromatic heterocycles. The molecule has 1 aromatic rings. The van der Waals surface area contributed by atoms with E-state index in [0.717, 1.165) is 18.8 Å². The number of morpholine rings is 1. The van der Waals surface area contributed by atoms with Crippen molar-refractivity contribution < 1.29 is 14.3 Å². The number of carbonyl (C=O) groups excluding carboxylic acids is 1. The summed E-state index contributed by atoms with van der Waals surface area (Å²) >= 11 is 6.23. The van der Waals surface area contributed by atoms with Crippen LogP contribution in [-0.4, -0.2) is 39.4 Å². The van der Waals surface area contributed by atoms with E-state index >= 15 is 0 Å². The summed E-state index contributed by atoms with van der Waals surface area (Å²) in [5.74, 6) is -0.412. The Labute approximate surface area is 105 Å². The number of carbonyl (C=O) groups is 1. The fraction of sp³-hybridized carbons (Fsp3) is 0.417. The molecule has 5 heteroatoms. The van der Waals surface area contributed by atoms with Crippen molar-refractivity contribution >= 4 is 23.3 Å². The Hall–Kier alpha value is -1.26. The molecular weight excluding hydrogens is 242 g/mol. The van der Waals surface area contributed by atoms with Crippen LogP contribution in [0.2, 0.25) is 5.02 Å². The molecule has 1 heterocycles. The molecule has 1 fully saturated rings. The summed E-state index contributed by atoms with van der Waals surface area (Å²) in [6, 6.07) is 5.38. The minimum Gasteiger partial charge on any atom is -0.465 e. The molecular formula is C12H14ClNO3. The number of benzene rings is 1. The first-order valence-corrected chi connectivity index (χ1v) is 5.81. The highest BCUT2D eigenvalue weighted by atomic mass is 35.5. The summed E-state index contributed by atoms with van der Waals surface area (Å²) in [7, 11) is 1.35. The third-order valence-electron chi connectivity index (χ3n) is 2.74. The van der Waals surface area contributed by atoms with E-state index in [2.05, 4.69) is 4.90 Å². The maximum Gasteiger partial charge on any atom is 0.339 e. The summed E-state index contributed by atoms with van der Waals surface area (Å²) < 4.78 is 9.98. The molecule has 2 rings (SSSR count). The minimum atomic E-state index is -0.412. The number of esters is 1. The standard InChI is InChI=1S/C12H14ClNO3/c1-16-12(15)9-3-2-4-10(11(9)13)14-5-7-17-8-6-14/h2-4H,5-8H2,1H3. The average Bonchev–Trinajstić information content (AvgIpc) is 2.39. The van der Waals surface area contributed by atoms with E-state index in [1.807, 2.05) is 12.1 Å². The van der Waals surface area contributed by atoms with Crippen molar-refractivity contribution in [2.45, 2.75) is 0 Å². The molecule has 4 nitrogen and oxygen atoms in total. The molecule has 0 spiro atoms. The first-order valence-electron chi connectivity index (χ1n) is 5.43. The first-order chi connectivity index (χ1) is 8.24. The number of hydrogen-bond donors (Lipinski definition) is 0. The second kappa shape index (κ2) is 5.38. The second-order valence-corrected chi connectivity index (χ2v) is 4.11. The number of hydrogen-bond acceptors (Lipinski definition) is 4. The Balaban J connectivity index is 2.31. The number of methoxy groups -OCH3 is 1. The predicted molar refractivity (Wildman–Crippen MR) is 65.8 cm³/mol. The van der Waals surface area contributed by atoms with Crippen molar-refractivity contribution in [1.29, 1.82) is 0 Å². The smallest absolute Gasteiger partial charge is 0.339 e. The van der Waals surface area contributed by atoms with Gasteiger partial charge >= 0.3 is 5.97 Å². The molecule has 0 unspecified atom stereocenters. The molecule has 1 aromatic carbocycles. The van der Waals surface area contributed by atoms with E-state index in [1.165, 1.54) is 7.11 Å². The number of ether oxygens (including phenoxy) is 2. The van der Waals surface area contributed by atoms with Crippen LogP contribution in [0.4, 0.5) is 5.69 Å². The van der Waals surface area contributed by atoms with Crippen LogP contribution in [0.5, 0.6) is 0 Å². The maximum atomic E-state index is 11.5. The van der Waals surface area contributed by atoms with Gasteiger partial charge in [-0.15, -0.1) is 0 Å². The summed E-state index contributed by atoms with van der Waals surface area (Å²) in [6.45, 7) is 2.92. The predicted octanol–water partition coefficient (Wildman–Crippen LogP) is 1.96. The average molecular weight is 256 g/mol. The van der Waals surface area contributed by atoms with Gasteiger partial charge in [-0.1, -0.05) is 17.7 Å². The molecule has 1 aliphatic rings. The Morgan fingerprint density at radius 2 is 2.12 bits per heavy atom. The SMILES string of the molecule is COC(=O)c1cccc(N2CCOCC2)c1Cl. The van der Waals surface area contributed by atoms with E-state index < -0.39 is 5.97 Å². The Kier molecular flexibility index (Phi) is 3.86. The van der Waals surface area contributed by atoms with Crippen LogP contribution in [0, 0.1) is 0 Å². The lowest BCUT2D eigenvalue weighted by molar-refractivity contribution is 0.0601. The van der Waals surface area contributed by atoms with Crippen molar-refractivity contribution in [3.63, 3.8) is 0 Å². The largest absolute Gasteiger partial charge is 0.465 e. The normalized spacial score (nSPS) is 15.8. The monoisotopic (exact) mass is 255 g/mol. The van der Waals surface area contributed by atoms with Crippen LogP contribution in [0.3, 0.4) is 0 Å². The topological polar surface area (TPSA) is 38.8 Å². The minimum absolute atomic E-state index is 0.401. The summed E-state index contributed by atoms with van der Waals surface area (Å²) in [4.78, 5) is 13.6. The van der Waals surface area contributed by atoms with E-state index in [1.54, 1.807) is 6.07 Å². The molecule has 92 valence electrons. The zero-order valence-electron chi connectivity index (χ0n) is 9.61. The van der Waals surface area contributed by atoms with Crippen molar-refractivity contribution in [2.75, 3.05) is 38.3 Å². The Morgan fingerprint density at radius 3 is 2.76 bits per heavy atom. The van der Waals surface area contributed by atoms with Gasteiger partial charge in [0.05, 0.1) is 36.6 Å². The highest BCUT2D eigenvalue weighted by Crippen LogP contribution is 2.30. The van der Waals surface area contributed by atoms with Crippen LogP contribution >= 0.6 is 11.6 Å². The van der Waals surface area contributed by atoms with Crippen LogP contribution in [-0.2, 0) is 9.47 Å². The van der Waals surface area contributed by atoms with Gasteiger partial charge in [0, 0.05) is 13.1 Å². The van der Waals surface area contributed by atoms with Gasteiger partial charge in [-0.2, -0.15) is 0 Å². The van der Waals surface area contributed by atoms with Crippen LogP contribution in [0.1, 0.15) is 10.4 Å². The van der Waals surface area contributed by atoms with Gasteiger partial charge < -0.3 is 14.4 Å². The number of rotatable bonds is 2. The molecule has 0 saturated carbocycles. The van der Waals surface area contributed by atoms with Crippen LogP contribution in [0.25, 0.3) is 0 Å². The van der Waals surface area contributed by atoms with Gasteiger partial charge in [-0.05, 0) is 12.1 Å². The zero-order valence-corrected chi connectivity index (χ0v) is 10.4. The lowest BCUT2D eigenvalue weighted by Crippen LogP contribution is -2.36. The third kappa shape index (κ3) is 2.53. The zero-order chi connectivity index (χ0) is 12.3. The summed E-state index contributed by atoms with van der Waals surface area (Å²) in [5.41, 5.74) is 1.26. The molecule has 0 radical (unpaired) electrons. The first kappa shape index (κ1) is 12.2. The number of anilines is 1. The van der Waals surface area contributed by atoms with Crippen molar-refractivity contribution in [3.8, 4) is 0 Å². The molecule has 0 aliphatic carbocycles. The summed E-state index contributed by atoms with van der Waals surface area (Å²) in [6.07, 6.45) is 0. The lowest BCUT2D eigenvalue weighted by atomic mass is 10.1. The highest BCUT2D eigenvalue weighted by molar-refractivity contribution is 6.36. The van der Waals surface area contributed by atoms with Gasteiger partial charge in [0.15, 0.2) is 0 Å². The molecule has 1 saturated heterocycles. The van der Waals surface area contributed by atoms with Gasteiger partial charge in [-0.3, -0.25) is 0 Å². The lowest BCUT2D eigenvalue weighted by Gasteiger charge is -2.29. The van der Waals surface area contributed by atoms with E-state index in [9.17, 15) is 4.79 Å². The van der Waals surface area contributed by atoms with E-state index in [0.29, 0.717) is 23.8 Å². The van der Waals surface area contributed by atoms with Crippen molar-refractivity contribution in [1.82, 2.24) is 0 Å². The molecule has 1 aliphatic heterocycles. The fourth-order valence-electron chi connectivity index (χ4n) is 1.84. The quantitative estimate of drug-likeness (QED) is 0.758. The second-order valence-electron chi connectivity index (χ2n) is 3.73. The van der Waals surface area contributed by atoms with Crippen molar-refractivity contribution in [2.24, 2.45) is 0 Å². The highest BCUT2D eigenvalue weighted by Gasteiger charge is 2.19. The molecule has 0 N–H and O–H groups in total. The van der Waals surface area contributed by atoms with Gasteiger partial charge in [0.1, 0.15) is 0 Å². The van der Waals surface area contributed by atoms with Gasteiger partial charge in [0.25, 0.3) is 0 Å². The van der Waals surface area contributed by atoms with E-state index in [4.69, 9.17) is 21.1 Å². The van der Waals surface area contributed by atoms with Gasteiger partial charge in [0.2, 0.25) is 0 Å². The molecule has 17 heavy (non-hydrogen) atoms. The fourth-order valence-corrected chi connectivity index (χ4v) is 2.16. The van der Waals surface area contributed by atoms with Gasteiger partial charge in [-0.25, -0.2) is 4.79 Å². The Bertz CT molecular complexity index is 416.